The highest BCUT2D eigenvalue weighted by molar-refractivity contribution is 5.91. The third-order valence-corrected chi connectivity index (χ3v) is 4.68. The van der Waals surface area contributed by atoms with E-state index < -0.39 is 17.2 Å². The number of halogens is 1. The molecule has 0 aliphatic carbocycles. The Labute approximate surface area is 150 Å². The number of nitrogens with zero attached hydrogens (tertiary/aromatic N) is 2. The molecule has 0 atom stereocenters. The van der Waals surface area contributed by atoms with Crippen molar-refractivity contribution >= 4 is 11.0 Å². The summed E-state index contributed by atoms with van der Waals surface area (Å²) in [5.41, 5.74) is 1.84. The summed E-state index contributed by atoms with van der Waals surface area (Å²) >= 11 is 0. The number of rotatable bonds is 3. The SMILES string of the molecule is O=c1[nH]c(-c2c[nH]c3cc(F)c(-c4ccc(C5(O)COC5)cc4)nc23)no1. The predicted octanol–water partition coefficient (Wildman–Crippen LogP) is 1.93. The Morgan fingerprint density at radius 3 is 2.63 bits per heavy atom. The van der Waals surface area contributed by atoms with Gasteiger partial charge >= 0.3 is 5.76 Å². The molecule has 1 fully saturated rings. The Morgan fingerprint density at radius 1 is 1.22 bits per heavy atom. The molecule has 4 aromatic rings. The van der Waals surface area contributed by atoms with Crippen LogP contribution >= 0.6 is 0 Å². The van der Waals surface area contributed by atoms with Crippen LogP contribution in [0, 0.1) is 5.82 Å². The van der Waals surface area contributed by atoms with Gasteiger partial charge in [0, 0.05) is 17.8 Å². The molecule has 9 heteroatoms. The first kappa shape index (κ1) is 15.9. The maximum Gasteiger partial charge on any atom is 0.439 e. The number of ether oxygens (including phenoxy) is 1. The summed E-state index contributed by atoms with van der Waals surface area (Å²) < 4.78 is 24.2. The van der Waals surface area contributed by atoms with Gasteiger partial charge in [-0.05, 0) is 5.56 Å². The molecule has 1 aliphatic rings. The summed E-state index contributed by atoms with van der Waals surface area (Å²) in [5, 5.41) is 14.0. The van der Waals surface area contributed by atoms with Crippen LogP contribution < -0.4 is 5.76 Å². The van der Waals surface area contributed by atoms with Gasteiger partial charge in [-0.2, -0.15) is 0 Å². The number of aromatic amines is 2. The lowest BCUT2D eigenvalue weighted by atomic mass is 9.91. The quantitative estimate of drug-likeness (QED) is 0.509. The molecule has 0 amide bonds. The van der Waals surface area contributed by atoms with Crippen LogP contribution in [0.2, 0.25) is 0 Å². The molecule has 1 saturated heterocycles. The largest absolute Gasteiger partial charge is 0.439 e. The summed E-state index contributed by atoms with van der Waals surface area (Å²) in [6, 6.07) is 8.20. The topological polar surface area (TPSA) is 117 Å². The number of nitrogens with one attached hydrogen (secondary N) is 2. The average Bonchev–Trinajstić information content (AvgIpc) is 3.24. The Bertz CT molecular complexity index is 1200. The number of aliphatic hydroxyl groups is 1. The molecule has 4 heterocycles. The van der Waals surface area contributed by atoms with E-state index in [0.29, 0.717) is 27.7 Å². The fraction of sp³-hybridized carbons (Fsp3) is 0.167. The molecular weight excluding hydrogens is 355 g/mol. The minimum atomic E-state index is -0.985. The molecule has 5 rings (SSSR count). The normalized spacial score (nSPS) is 15.8. The first-order valence-electron chi connectivity index (χ1n) is 8.18. The second kappa shape index (κ2) is 5.60. The van der Waals surface area contributed by atoms with E-state index >= 15 is 0 Å². The average molecular weight is 368 g/mol. The van der Waals surface area contributed by atoms with Gasteiger partial charge in [0.2, 0.25) is 0 Å². The van der Waals surface area contributed by atoms with Crippen LogP contribution in [-0.2, 0) is 10.3 Å². The number of pyridine rings is 1. The Balaban J connectivity index is 1.60. The Morgan fingerprint density at radius 2 is 2.00 bits per heavy atom. The van der Waals surface area contributed by atoms with Gasteiger partial charge in [-0.3, -0.25) is 9.51 Å². The van der Waals surface area contributed by atoms with E-state index in [0.717, 1.165) is 0 Å². The number of benzene rings is 1. The zero-order valence-electron chi connectivity index (χ0n) is 13.8. The van der Waals surface area contributed by atoms with Crippen molar-refractivity contribution in [2.24, 2.45) is 0 Å². The van der Waals surface area contributed by atoms with Crippen LogP contribution in [0.4, 0.5) is 4.39 Å². The zero-order valence-corrected chi connectivity index (χ0v) is 13.8. The van der Waals surface area contributed by atoms with Crippen molar-refractivity contribution in [2.75, 3.05) is 13.2 Å². The Kier molecular flexibility index (Phi) is 3.30. The summed E-state index contributed by atoms with van der Waals surface area (Å²) in [6.07, 6.45) is 1.57. The van der Waals surface area contributed by atoms with Crippen molar-refractivity contribution in [3.63, 3.8) is 0 Å². The maximum absolute atomic E-state index is 14.6. The number of hydrogen-bond donors (Lipinski definition) is 3. The zero-order chi connectivity index (χ0) is 18.6. The lowest BCUT2D eigenvalue weighted by molar-refractivity contribution is -0.184. The maximum atomic E-state index is 14.6. The lowest BCUT2D eigenvalue weighted by Crippen LogP contribution is -2.46. The van der Waals surface area contributed by atoms with Crippen LogP contribution in [0.15, 0.2) is 45.8 Å². The predicted molar refractivity (Wildman–Crippen MR) is 92.3 cm³/mol. The second-order valence-corrected chi connectivity index (χ2v) is 6.46. The van der Waals surface area contributed by atoms with Gasteiger partial charge in [0.15, 0.2) is 11.6 Å². The summed E-state index contributed by atoms with van der Waals surface area (Å²) in [4.78, 5) is 21.0. The van der Waals surface area contributed by atoms with Gasteiger partial charge < -0.3 is 14.8 Å². The molecular formula is C18H13FN4O4. The van der Waals surface area contributed by atoms with Crippen molar-refractivity contribution < 1.29 is 18.8 Å². The van der Waals surface area contributed by atoms with Crippen molar-refractivity contribution in [1.82, 2.24) is 20.1 Å². The van der Waals surface area contributed by atoms with Crippen LogP contribution in [0.3, 0.4) is 0 Å². The van der Waals surface area contributed by atoms with E-state index in [1.54, 1.807) is 30.5 Å². The molecule has 3 N–H and O–H groups in total. The third-order valence-electron chi connectivity index (χ3n) is 4.68. The van der Waals surface area contributed by atoms with Crippen molar-refractivity contribution in [3.8, 4) is 22.6 Å². The fourth-order valence-electron chi connectivity index (χ4n) is 3.15. The third kappa shape index (κ3) is 2.47. The number of aromatic nitrogens is 4. The molecule has 0 radical (unpaired) electrons. The summed E-state index contributed by atoms with van der Waals surface area (Å²) in [5.74, 6) is -0.975. The molecule has 3 aromatic heterocycles. The van der Waals surface area contributed by atoms with Gasteiger partial charge in [0.05, 0.1) is 29.8 Å². The van der Waals surface area contributed by atoms with Crippen LogP contribution in [0.25, 0.3) is 33.7 Å². The molecule has 27 heavy (non-hydrogen) atoms. The first-order valence-corrected chi connectivity index (χ1v) is 8.18. The minimum absolute atomic E-state index is 0.151. The minimum Gasteiger partial charge on any atom is -0.380 e. The van der Waals surface area contributed by atoms with E-state index in [1.165, 1.54) is 6.07 Å². The molecule has 0 saturated carbocycles. The van der Waals surface area contributed by atoms with Crippen molar-refractivity contribution in [3.05, 3.63) is 58.5 Å². The highest BCUT2D eigenvalue weighted by Crippen LogP contribution is 2.33. The summed E-state index contributed by atoms with van der Waals surface area (Å²) in [6.45, 7) is 0.487. The summed E-state index contributed by atoms with van der Waals surface area (Å²) in [7, 11) is 0. The monoisotopic (exact) mass is 368 g/mol. The number of H-pyrrole nitrogens is 2. The van der Waals surface area contributed by atoms with Gasteiger partial charge in [-0.1, -0.05) is 29.4 Å². The smallest absolute Gasteiger partial charge is 0.380 e. The standard InChI is InChI=1S/C18H13FN4O4/c19-12-5-13-15(11(6-20-13)16-22-17(24)27-23-16)21-14(12)9-1-3-10(4-2-9)18(25)7-26-8-18/h1-6,20,25H,7-8H2,(H,22,23,24). The van der Waals surface area contributed by atoms with Gasteiger partial charge in [0.1, 0.15) is 11.3 Å². The van der Waals surface area contributed by atoms with Crippen LogP contribution in [0.1, 0.15) is 5.56 Å². The molecule has 136 valence electrons. The van der Waals surface area contributed by atoms with Crippen LogP contribution in [-0.4, -0.2) is 38.4 Å². The first-order chi connectivity index (χ1) is 13.0. The molecule has 0 spiro atoms. The lowest BCUT2D eigenvalue weighted by Gasteiger charge is -2.36. The highest BCUT2D eigenvalue weighted by Gasteiger charge is 2.37. The molecule has 8 nitrogen and oxygen atoms in total. The van der Waals surface area contributed by atoms with E-state index in [4.69, 9.17) is 4.74 Å². The fourth-order valence-corrected chi connectivity index (χ4v) is 3.15. The second-order valence-electron chi connectivity index (χ2n) is 6.46. The van der Waals surface area contributed by atoms with Gasteiger partial charge in [0.25, 0.3) is 0 Å². The van der Waals surface area contributed by atoms with E-state index in [9.17, 15) is 14.3 Å². The Hall–Kier alpha value is -3.30. The molecule has 0 unspecified atom stereocenters. The van der Waals surface area contributed by atoms with Crippen LogP contribution in [0.5, 0.6) is 0 Å². The number of hydrogen-bond acceptors (Lipinski definition) is 6. The van der Waals surface area contributed by atoms with E-state index in [2.05, 4.69) is 24.6 Å². The molecule has 0 bridgehead atoms. The van der Waals surface area contributed by atoms with Gasteiger partial charge in [-0.25, -0.2) is 14.2 Å². The van der Waals surface area contributed by atoms with Crippen molar-refractivity contribution in [1.29, 1.82) is 0 Å². The molecule has 1 aromatic carbocycles. The highest BCUT2D eigenvalue weighted by atomic mass is 19.1. The molecule has 1 aliphatic heterocycles. The van der Waals surface area contributed by atoms with E-state index in [-0.39, 0.29) is 24.7 Å². The van der Waals surface area contributed by atoms with Gasteiger partial charge in [-0.15, -0.1) is 0 Å². The number of fused-ring (bicyclic) bond motifs is 1. The van der Waals surface area contributed by atoms with E-state index in [1.807, 2.05) is 0 Å². The van der Waals surface area contributed by atoms with Crippen molar-refractivity contribution in [2.45, 2.75) is 5.60 Å².